The molecule has 1 aromatic carbocycles. The van der Waals surface area contributed by atoms with E-state index in [-0.39, 0.29) is 11.9 Å². The second kappa shape index (κ2) is 7.07. The van der Waals surface area contributed by atoms with Crippen LogP contribution >= 0.6 is 22.9 Å². The normalized spacial score (nSPS) is 12.4. The summed E-state index contributed by atoms with van der Waals surface area (Å²) < 4.78 is 19.9. The van der Waals surface area contributed by atoms with Gasteiger partial charge in [-0.3, -0.25) is 0 Å². The van der Waals surface area contributed by atoms with Crippen LogP contribution in [0.2, 0.25) is 4.34 Å². The Morgan fingerprint density at radius 3 is 2.80 bits per heavy atom. The molecular weight excluding hydrogens is 297 g/mol. The summed E-state index contributed by atoms with van der Waals surface area (Å²) in [4.78, 5) is 1.02. The number of halogens is 2. The maximum atomic E-state index is 13.4. The third-order valence-electron chi connectivity index (χ3n) is 2.95. The largest absolute Gasteiger partial charge is 0.488 e. The van der Waals surface area contributed by atoms with Crippen LogP contribution in [0.4, 0.5) is 4.39 Å². The molecule has 0 fully saturated rings. The minimum Gasteiger partial charge on any atom is -0.488 e. The molecule has 2 nitrogen and oxygen atoms in total. The monoisotopic (exact) mass is 313 g/mol. The molecule has 0 saturated heterocycles. The SMILES string of the molecule is CCNC(C)c1ccc(F)cc1OCc1ccc(Cl)s1. The molecule has 0 amide bonds. The lowest BCUT2D eigenvalue weighted by Gasteiger charge is -2.17. The van der Waals surface area contributed by atoms with Gasteiger partial charge in [0.05, 0.1) is 4.34 Å². The van der Waals surface area contributed by atoms with Crippen LogP contribution in [0.15, 0.2) is 30.3 Å². The molecule has 5 heteroatoms. The number of ether oxygens (including phenoxy) is 1. The molecule has 0 saturated carbocycles. The van der Waals surface area contributed by atoms with E-state index in [1.165, 1.54) is 23.5 Å². The van der Waals surface area contributed by atoms with Gasteiger partial charge < -0.3 is 10.1 Å². The zero-order valence-corrected chi connectivity index (χ0v) is 13.0. The Bertz CT molecular complexity index is 573. The maximum Gasteiger partial charge on any atom is 0.127 e. The summed E-state index contributed by atoms with van der Waals surface area (Å²) in [5.74, 6) is 0.277. The summed E-state index contributed by atoms with van der Waals surface area (Å²) in [5.41, 5.74) is 0.955. The lowest BCUT2D eigenvalue weighted by molar-refractivity contribution is 0.301. The Morgan fingerprint density at radius 1 is 1.35 bits per heavy atom. The Morgan fingerprint density at radius 2 is 2.15 bits per heavy atom. The van der Waals surface area contributed by atoms with Gasteiger partial charge in [0.2, 0.25) is 0 Å². The number of hydrogen-bond acceptors (Lipinski definition) is 3. The number of hydrogen-bond donors (Lipinski definition) is 1. The van der Waals surface area contributed by atoms with Gasteiger partial charge in [0.1, 0.15) is 18.2 Å². The fourth-order valence-electron chi connectivity index (χ4n) is 1.99. The first-order valence-corrected chi connectivity index (χ1v) is 7.69. The van der Waals surface area contributed by atoms with E-state index < -0.39 is 0 Å². The van der Waals surface area contributed by atoms with E-state index in [0.717, 1.165) is 21.3 Å². The molecule has 0 bridgehead atoms. The highest BCUT2D eigenvalue weighted by Crippen LogP contribution is 2.28. The van der Waals surface area contributed by atoms with Gasteiger partial charge in [-0.25, -0.2) is 4.39 Å². The Balaban J connectivity index is 2.14. The summed E-state index contributed by atoms with van der Waals surface area (Å²) in [5, 5.41) is 3.30. The van der Waals surface area contributed by atoms with Crippen LogP contribution in [-0.2, 0) is 6.61 Å². The van der Waals surface area contributed by atoms with Crippen molar-refractivity contribution in [2.45, 2.75) is 26.5 Å². The number of rotatable bonds is 6. The summed E-state index contributed by atoms with van der Waals surface area (Å²) in [6.07, 6.45) is 0. The van der Waals surface area contributed by atoms with E-state index in [1.54, 1.807) is 6.07 Å². The molecule has 1 aromatic heterocycles. The summed E-state index contributed by atoms with van der Waals surface area (Å²) >= 11 is 7.35. The third-order valence-corrected chi connectivity index (χ3v) is 4.16. The van der Waals surface area contributed by atoms with Crippen LogP contribution in [-0.4, -0.2) is 6.54 Å². The minimum absolute atomic E-state index is 0.113. The van der Waals surface area contributed by atoms with Crippen LogP contribution in [0.1, 0.15) is 30.3 Å². The molecular formula is C15H17ClFNOS. The number of nitrogens with one attached hydrogen (secondary N) is 1. The van der Waals surface area contributed by atoms with E-state index >= 15 is 0 Å². The highest BCUT2D eigenvalue weighted by atomic mass is 35.5. The predicted octanol–water partition coefficient (Wildman–Crippen LogP) is 4.79. The fourth-order valence-corrected chi connectivity index (χ4v) is 2.99. The molecule has 0 aliphatic carbocycles. The first kappa shape index (κ1) is 15.3. The number of thiophene rings is 1. The van der Waals surface area contributed by atoms with Crippen molar-refractivity contribution in [3.63, 3.8) is 0 Å². The molecule has 0 aliphatic heterocycles. The van der Waals surface area contributed by atoms with Crippen molar-refractivity contribution >= 4 is 22.9 Å². The summed E-state index contributed by atoms with van der Waals surface area (Å²) in [6, 6.07) is 8.51. The van der Waals surface area contributed by atoms with E-state index in [2.05, 4.69) is 5.32 Å². The standard InChI is InChI=1S/C15H17ClFNOS/c1-3-18-10(2)13-6-4-11(17)8-14(13)19-9-12-5-7-15(16)20-12/h4-8,10,18H,3,9H2,1-2H3. The van der Waals surface area contributed by atoms with E-state index in [0.29, 0.717) is 12.4 Å². The van der Waals surface area contributed by atoms with Gasteiger partial charge >= 0.3 is 0 Å². The van der Waals surface area contributed by atoms with Crippen molar-refractivity contribution in [1.29, 1.82) is 0 Å². The van der Waals surface area contributed by atoms with Gasteiger partial charge in [-0.2, -0.15) is 0 Å². The average Bonchev–Trinajstić information content (AvgIpc) is 2.82. The van der Waals surface area contributed by atoms with Crippen molar-refractivity contribution in [2.75, 3.05) is 6.54 Å². The van der Waals surface area contributed by atoms with Gasteiger partial charge in [0, 0.05) is 22.5 Å². The summed E-state index contributed by atoms with van der Waals surface area (Å²) in [7, 11) is 0. The Kier molecular flexibility index (Phi) is 5.40. The van der Waals surface area contributed by atoms with E-state index in [9.17, 15) is 4.39 Å². The smallest absolute Gasteiger partial charge is 0.127 e. The van der Waals surface area contributed by atoms with Crippen LogP contribution in [0.5, 0.6) is 5.75 Å². The molecule has 1 atom stereocenters. The summed E-state index contributed by atoms with van der Waals surface area (Å²) in [6.45, 7) is 5.31. The van der Waals surface area contributed by atoms with Crippen molar-refractivity contribution < 1.29 is 9.13 Å². The first-order chi connectivity index (χ1) is 9.60. The predicted molar refractivity (Wildman–Crippen MR) is 82.2 cm³/mol. The second-order valence-corrected chi connectivity index (χ2v) is 6.26. The lowest BCUT2D eigenvalue weighted by Crippen LogP contribution is -2.18. The molecule has 2 rings (SSSR count). The Labute approximate surface area is 127 Å². The van der Waals surface area contributed by atoms with Gasteiger partial charge in [0.25, 0.3) is 0 Å². The highest BCUT2D eigenvalue weighted by Gasteiger charge is 2.12. The van der Waals surface area contributed by atoms with Crippen LogP contribution in [0.3, 0.4) is 0 Å². The first-order valence-electron chi connectivity index (χ1n) is 6.50. The highest BCUT2D eigenvalue weighted by molar-refractivity contribution is 7.16. The van der Waals surface area contributed by atoms with Crippen molar-refractivity contribution in [1.82, 2.24) is 5.32 Å². The molecule has 0 radical (unpaired) electrons. The van der Waals surface area contributed by atoms with Gasteiger partial charge in [-0.1, -0.05) is 24.6 Å². The minimum atomic E-state index is -0.295. The molecule has 20 heavy (non-hydrogen) atoms. The molecule has 1 heterocycles. The van der Waals surface area contributed by atoms with Crippen LogP contribution in [0, 0.1) is 5.82 Å². The molecule has 0 spiro atoms. The van der Waals surface area contributed by atoms with E-state index in [1.807, 2.05) is 26.0 Å². The molecule has 1 N–H and O–H groups in total. The average molecular weight is 314 g/mol. The second-order valence-electron chi connectivity index (χ2n) is 4.46. The van der Waals surface area contributed by atoms with Crippen LogP contribution < -0.4 is 10.1 Å². The Hall–Kier alpha value is -1.10. The zero-order chi connectivity index (χ0) is 14.5. The zero-order valence-electron chi connectivity index (χ0n) is 11.5. The topological polar surface area (TPSA) is 21.3 Å². The van der Waals surface area contributed by atoms with Gasteiger partial charge in [-0.05, 0) is 31.7 Å². The number of benzene rings is 1. The molecule has 108 valence electrons. The maximum absolute atomic E-state index is 13.4. The fraction of sp³-hybridized carbons (Fsp3) is 0.333. The molecule has 0 aliphatic rings. The van der Waals surface area contributed by atoms with Crippen molar-refractivity contribution in [3.05, 3.63) is 50.9 Å². The lowest BCUT2D eigenvalue weighted by atomic mass is 10.1. The van der Waals surface area contributed by atoms with Crippen molar-refractivity contribution in [2.24, 2.45) is 0 Å². The van der Waals surface area contributed by atoms with Gasteiger partial charge in [0.15, 0.2) is 0 Å². The van der Waals surface area contributed by atoms with Gasteiger partial charge in [-0.15, -0.1) is 11.3 Å². The molecule has 1 unspecified atom stereocenters. The third kappa shape index (κ3) is 3.95. The van der Waals surface area contributed by atoms with Crippen LogP contribution in [0.25, 0.3) is 0 Å². The molecule has 2 aromatic rings. The van der Waals surface area contributed by atoms with E-state index in [4.69, 9.17) is 16.3 Å². The van der Waals surface area contributed by atoms with Crippen molar-refractivity contribution in [3.8, 4) is 5.75 Å². The quantitative estimate of drug-likeness (QED) is 0.828.